The van der Waals surface area contributed by atoms with Gasteiger partial charge in [0.05, 0.1) is 16.7 Å². The molecule has 1 aromatic carbocycles. The van der Waals surface area contributed by atoms with Crippen molar-refractivity contribution in [3.63, 3.8) is 0 Å². The summed E-state index contributed by atoms with van der Waals surface area (Å²) >= 11 is 5.78. The first-order valence-electron chi connectivity index (χ1n) is 7.55. The number of sulfonamides is 1. The van der Waals surface area contributed by atoms with Crippen molar-refractivity contribution in [3.05, 3.63) is 53.4 Å². The van der Waals surface area contributed by atoms with E-state index in [1.807, 2.05) is 0 Å². The molecule has 2 aromatic rings. The number of carbonyl (C=O) groups is 1. The average molecular weight is 369 g/mol. The summed E-state index contributed by atoms with van der Waals surface area (Å²) in [6.07, 6.45) is 4.00. The van der Waals surface area contributed by atoms with Crippen LogP contribution >= 0.6 is 11.6 Å². The first-order valence-corrected chi connectivity index (χ1v) is 9.41. The Kier molecular flexibility index (Phi) is 4.93. The monoisotopic (exact) mass is 368 g/mol. The van der Waals surface area contributed by atoms with E-state index in [4.69, 9.17) is 16.0 Å². The SMILES string of the molecule is O=C(c1ccoc1)N1CCC(NS(=O)(=O)c2ccc(Cl)cc2)CC1. The van der Waals surface area contributed by atoms with Crippen LogP contribution in [0.4, 0.5) is 0 Å². The Labute approximate surface area is 145 Å². The third kappa shape index (κ3) is 3.80. The standard InChI is InChI=1S/C16H17ClN2O4S/c17-13-1-3-15(4-2-13)24(21,22)18-14-5-8-19(9-6-14)16(20)12-7-10-23-11-12/h1-4,7,10-11,14,18H,5-6,8-9H2. The molecule has 1 aliphatic rings. The molecule has 2 heterocycles. The van der Waals surface area contributed by atoms with Gasteiger partial charge in [-0.3, -0.25) is 4.79 Å². The normalized spacial score (nSPS) is 16.3. The molecular weight excluding hydrogens is 352 g/mol. The molecule has 8 heteroatoms. The van der Waals surface area contributed by atoms with Gasteiger partial charge >= 0.3 is 0 Å². The molecule has 0 aliphatic carbocycles. The van der Waals surface area contributed by atoms with Crippen molar-refractivity contribution in [1.29, 1.82) is 0 Å². The fourth-order valence-electron chi connectivity index (χ4n) is 2.67. The zero-order valence-corrected chi connectivity index (χ0v) is 14.4. The van der Waals surface area contributed by atoms with Crippen LogP contribution in [0.15, 0.2) is 52.2 Å². The molecule has 1 N–H and O–H groups in total. The lowest BCUT2D eigenvalue weighted by Crippen LogP contribution is -2.46. The molecular formula is C16H17ClN2O4S. The van der Waals surface area contributed by atoms with Gasteiger partial charge < -0.3 is 9.32 Å². The zero-order valence-electron chi connectivity index (χ0n) is 12.8. The summed E-state index contributed by atoms with van der Waals surface area (Å²) in [6, 6.07) is 7.46. The lowest BCUT2D eigenvalue weighted by Gasteiger charge is -2.32. The third-order valence-electron chi connectivity index (χ3n) is 4.00. The number of hydrogen-bond donors (Lipinski definition) is 1. The van der Waals surface area contributed by atoms with Crippen LogP contribution in [0.3, 0.4) is 0 Å². The van der Waals surface area contributed by atoms with Crippen molar-refractivity contribution in [2.24, 2.45) is 0 Å². The molecule has 0 unspecified atom stereocenters. The Balaban J connectivity index is 1.59. The molecule has 1 saturated heterocycles. The molecule has 6 nitrogen and oxygen atoms in total. The van der Waals surface area contributed by atoms with Gasteiger partial charge in [0.2, 0.25) is 10.0 Å². The minimum absolute atomic E-state index is 0.0947. The Morgan fingerprint density at radius 2 is 1.83 bits per heavy atom. The van der Waals surface area contributed by atoms with Crippen molar-refractivity contribution >= 4 is 27.5 Å². The van der Waals surface area contributed by atoms with Crippen molar-refractivity contribution in [1.82, 2.24) is 9.62 Å². The summed E-state index contributed by atoms with van der Waals surface area (Å²) < 4.78 is 32.4. The van der Waals surface area contributed by atoms with Gasteiger partial charge in [0, 0.05) is 24.2 Å². The Morgan fingerprint density at radius 3 is 2.42 bits per heavy atom. The summed E-state index contributed by atoms with van der Waals surface area (Å²) in [5.41, 5.74) is 0.509. The lowest BCUT2D eigenvalue weighted by atomic mass is 10.1. The van der Waals surface area contributed by atoms with E-state index in [2.05, 4.69) is 4.72 Å². The molecule has 3 rings (SSSR count). The number of piperidine rings is 1. The largest absolute Gasteiger partial charge is 0.472 e. The predicted octanol–water partition coefficient (Wildman–Crippen LogP) is 2.52. The van der Waals surface area contributed by atoms with Crippen molar-refractivity contribution in [2.75, 3.05) is 13.1 Å². The van der Waals surface area contributed by atoms with Gasteiger partial charge in [-0.2, -0.15) is 0 Å². The molecule has 1 fully saturated rings. The van der Waals surface area contributed by atoms with Gasteiger partial charge in [0.15, 0.2) is 0 Å². The summed E-state index contributed by atoms with van der Waals surface area (Å²) in [7, 11) is -3.58. The molecule has 0 spiro atoms. The van der Waals surface area contributed by atoms with Crippen LogP contribution in [-0.2, 0) is 10.0 Å². The fourth-order valence-corrected chi connectivity index (χ4v) is 4.10. The van der Waals surface area contributed by atoms with E-state index in [-0.39, 0.29) is 16.8 Å². The number of likely N-dealkylation sites (tertiary alicyclic amines) is 1. The van der Waals surface area contributed by atoms with Crippen LogP contribution in [0.2, 0.25) is 5.02 Å². The van der Waals surface area contributed by atoms with Crippen molar-refractivity contribution in [3.8, 4) is 0 Å². The highest BCUT2D eigenvalue weighted by Crippen LogP contribution is 2.18. The number of rotatable bonds is 4. The van der Waals surface area contributed by atoms with Gasteiger partial charge in [-0.05, 0) is 43.2 Å². The number of nitrogens with zero attached hydrogens (tertiary/aromatic N) is 1. The molecule has 1 amide bonds. The number of nitrogens with one attached hydrogen (secondary N) is 1. The second-order valence-corrected chi connectivity index (χ2v) is 7.80. The second-order valence-electron chi connectivity index (χ2n) is 5.65. The maximum Gasteiger partial charge on any atom is 0.257 e. The number of hydrogen-bond acceptors (Lipinski definition) is 4. The van der Waals surface area contributed by atoms with E-state index in [1.54, 1.807) is 23.1 Å². The fraction of sp³-hybridized carbons (Fsp3) is 0.312. The molecule has 0 bridgehead atoms. The van der Waals surface area contributed by atoms with E-state index in [0.717, 1.165) is 0 Å². The first-order chi connectivity index (χ1) is 11.5. The molecule has 24 heavy (non-hydrogen) atoms. The number of halogens is 1. The van der Waals surface area contributed by atoms with Gasteiger partial charge in [0.1, 0.15) is 6.26 Å². The van der Waals surface area contributed by atoms with Crippen molar-refractivity contribution in [2.45, 2.75) is 23.8 Å². The number of amides is 1. The van der Waals surface area contributed by atoms with Gasteiger partial charge in [-0.25, -0.2) is 13.1 Å². The molecule has 1 aromatic heterocycles. The Bertz CT molecular complexity index is 795. The zero-order chi connectivity index (χ0) is 17.2. The van der Waals surface area contributed by atoms with Crippen molar-refractivity contribution < 1.29 is 17.6 Å². The summed E-state index contributed by atoms with van der Waals surface area (Å²) in [4.78, 5) is 14.1. The van der Waals surface area contributed by atoms with E-state index < -0.39 is 10.0 Å². The predicted molar refractivity (Wildman–Crippen MR) is 89.4 cm³/mol. The highest BCUT2D eigenvalue weighted by molar-refractivity contribution is 7.89. The highest BCUT2D eigenvalue weighted by Gasteiger charge is 2.27. The Morgan fingerprint density at radius 1 is 1.17 bits per heavy atom. The van der Waals surface area contributed by atoms with Crippen LogP contribution in [0.5, 0.6) is 0 Å². The second kappa shape index (κ2) is 6.96. The van der Waals surface area contributed by atoms with Gasteiger partial charge in [0.25, 0.3) is 5.91 Å². The smallest absolute Gasteiger partial charge is 0.257 e. The Hall–Kier alpha value is -1.83. The van der Waals surface area contributed by atoms with Gasteiger partial charge in [-0.15, -0.1) is 0 Å². The summed E-state index contributed by atoms with van der Waals surface area (Å²) in [5.74, 6) is -0.0947. The summed E-state index contributed by atoms with van der Waals surface area (Å²) in [6.45, 7) is 0.996. The van der Waals surface area contributed by atoms with Crippen LogP contribution in [-0.4, -0.2) is 38.4 Å². The molecule has 0 atom stereocenters. The van der Waals surface area contributed by atoms with E-state index in [1.165, 1.54) is 24.7 Å². The maximum absolute atomic E-state index is 12.4. The molecule has 0 radical (unpaired) electrons. The number of furan rings is 1. The van der Waals surface area contributed by atoms with Crippen LogP contribution in [0, 0.1) is 0 Å². The minimum atomic E-state index is -3.58. The number of benzene rings is 1. The quantitative estimate of drug-likeness (QED) is 0.899. The molecule has 128 valence electrons. The number of carbonyl (C=O) groups excluding carboxylic acids is 1. The average Bonchev–Trinajstić information content (AvgIpc) is 3.09. The topological polar surface area (TPSA) is 79.6 Å². The highest BCUT2D eigenvalue weighted by atomic mass is 35.5. The van der Waals surface area contributed by atoms with Gasteiger partial charge in [-0.1, -0.05) is 11.6 Å². The lowest BCUT2D eigenvalue weighted by molar-refractivity contribution is 0.0710. The minimum Gasteiger partial charge on any atom is -0.472 e. The van der Waals surface area contributed by atoms with E-state index in [0.29, 0.717) is 36.5 Å². The van der Waals surface area contributed by atoms with E-state index >= 15 is 0 Å². The van der Waals surface area contributed by atoms with Crippen LogP contribution in [0.25, 0.3) is 0 Å². The maximum atomic E-state index is 12.4. The van der Waals surface area contributed by atoms with E-state index in [9.17, 15) is 13.2 Å². The summed E-state index contributed by atoms with van der Waals surface area (Å²) in [5, 5.41) is 0.486. The first kappa shape index (κ1) is 17.0. The van der Waals surface area contributed by atoms with Crippen LogP contribution < -0.4 is 4.72 Å². The molecule has 0 saturated carbocycles. The third-order valence-corrected chi connectivity index (χ3v) is 5.78. The van der Waals surface area contributed by atoms with Crippen LogP contribution in [0.1, 0.15) is 23.2 Å². The molecule has 1 aliphatic heterocycles.